The van der Waals surface area contributed by atoms with Crippen LogP contribution >= 0.6 is 0 Å². The standard InChI is InChI=1S/C15H22N2O2/c1-11-5-6-14(13(9-11)12(2)16)19-10-15(18)17-7-3-4-8-17/h5-6,9,12H,3-4,7-8,10,16H2,1-2H3. The van der Waals surface area contributed by atoms with Gasteiger partial charge in [0.2, 0.25) is 0 Å². The van der Waals surface area contributed by atoms with Gasteiger partial charge >= 0.3 is 0 Å². The van der Waals surface area contributed by atoms with Gasteiger partial charge in [0.1, 0.15) is 5.75 Å². The molecule has 4 heteroatoms. The lowest BCUT2D eigenvalue weighted by Gasteiger charge is -2.18. The molecule has 0 aliphatic carbocycles. The first kappa shape index (κ1) is 13.9. The molecule has 2 rings (SSSR count). The average molecular weight is 262 g/mol. The van der Waals surface area contributed by atoms with Crippen LogP contribution < -0.4 is 10.5 Å². The zero-order valence-corrected chi connectivity index (χ0v) is 11.7. The molecule has 1 amide bonds. The highest BCUT2D eigenvalue weighted by Crippen LogP contribution is 2.25. The smallest absolute Gasteiger partial charge is 0.260 e. The number of likely N-dealkylation sites (tertiary alicyclic amines) is 1. The van der Waals surface area contributed by atoms with Crippen molar-refractivity contribution in [2.24, 2.45) is 5.73 Å². The van der Waals surface area contributed by atoms with Gasteiger partial charge in [-0.2, -0.15) is 0 Å². The predicted octanol–water partition coefficient (Wildman–Crippen LogP) is 2.02. The summed E-state index contributed by atoms with van der Waals surface area (Å²) >= 11 is 0. The molecule has 0 bridgehead atoms. The van der Waals surface area contributed by atoms with Gasteiger partial charge in [0.05, 0.1) is 0 Å². The van der Waals surface area contributed by atoms with E-state index in [1.807, 2.05) is 36.9 Å². The summed E-state index contributed by atoms with van der Waals surface area (Å²) in [6, 6.07) is 5.78. The van der Waals surface area contributed by atoms with E-state index in [-0.39, 0.29) is 18.6 Å². The third-order valence-corrected chi connectivity index (χ3v) is 3.47. The molecule has 1 heterocycles. The van der Waals surface area contributed by atoms with E-state index in [1.165, 1.54) is 0 Å². The fourth-order valence-corrected chi connectivity index (χ4v) is 2.35. The maximum absolute atomic E-state index is 11.9. The van der Waals surface area contributed by atoms with E-state index < -0.39 is 0 Å². The molecule has 1 aliphatic rings. The number of ether oxygens (including phenoxy) is 1. The van der Waals surface area contributed by atoms with Gasteiger partial charge in [0.15, 0.2) is 6.61 Å². The summed E-state index contributed by atoms with van der Waals surface area (Å²) < 4.78 is 5.66. The highest BCUT2D eigenvalue weighted by atomic mass is 16.5. The summed E-state index contributed by atoms with van der Waals surface area (Å²) in [5.74, 6) is 0.779. The summed E-state index contributed by atoms with van der Waals surface area (Å²) in [5.41, 5.74) is 8.03. The molecular weight excluding hydrogens is 240 g/mol. The van der Waals surface area contributed by atoms with Crippen LogP contribution in [0.3, 0.4) is 0 Å². The number of amides is 1. The molecule has 104 valence electrons. The van der Waals surface area contributed by atoms with E-state index >= 15 is 0 Å². The second kappa shape index (κ2) is 6.06. The summed E-state index contributed by atoms with van der Waals surface area (Å²) in [7, 11) is 0. The van der Waals surface area contributed by atoms with Crippen LogP contribution in [0.5, 0.6) is 5.75 Å². The lowest BCUT2D eigenvalue weighted by Crippen LogP contribution is -2.32. The molecule has 4 nitrogen and oxygen atoms in total. The van der Waals surface area contributed by atoms with Crippen molar-refractivity contribution in [2.45, 2.75) is 32.7 Å². The number of benzene rings is 1. The summed E-state index contributed by atoms with van der Waals surface area (Å²) in [4.78, 5) is 13.8. The first-order valence-electron chi connectivity index (χ1n) is 6.84. The van der Waals surface area contributed by atoms with Gasteiger partial charge < -0.3 is 15.4 Å². The van der Waals surface area contributed by atoms with Crippen LogP contribution in [0.25, 0.3) is 0 Å². The molecule has 1 aromatic carbocycles. The van der Waals surface area contributed by atoms with E-state index in [2.05, 4.69) is 0 Å². The Morgan fingerprint density at radius 2 is 2.11 bits per heavy atom. The Balaban J connectivity index is 2.00. The molecule has 1 saturated heterocycles. The van der Waals surface area contributed by atoms with Crippen LogP contribution in [0, 0.1) is 6.92 Å². The number of carbonyl (C=O) groups excluding carboxylic acids is 1. The lowest BCUT2D eigenvalue weighted by molar-refractivity contribution is -0.132. The molecule has 0 saturated carbocycles. The molecule has 0 spiro atoms. The number of hydrogen-bond acceptors (Lipinski definition) is 3. The average Bonchev–Trinajstić information content (AvgIpc) is 2.90. The maximum Gasteiger partial charge on any atom is 0.260 e. The normalized spacial score (nSPS) is 16.5. The summed E-state index contributed by atoms with van der Waals surface area (Å²) in [6.45, 7) is 5.75. The number of rotatable bonds is 4. The second-order valence-corrected chi connectivity index (χ2v) is 5.21. The van der Waals surface area contributed by atoms with Gasteiger partial charge in [-0.25, -0.2) is 0 Å². The molecule has 1 aromatic rings. The van der Waals surface area contributed by atoms with Gasteiger partial charge in [-0.05, 0) is 32.8 Å². The minimum Gasteiger partial charge on any atom is -0.483 e. The van der Waals surface area contributed by atoms with Gasteiger partial charge in [-0.3, -0.25) is 4.79 Å². The summed E-state index contributed by atoms with van der Waals surface area (Å²) in [5, 5.41) is 0. The third kappa shape index (κ3) is 3.47. The van der Waals surface area contributed by atoms with Crippen LogP contribution in [0.4, 0.5) is 0 Å². The largest absolute Gasteiger partial charge is 0.483 e. The molecule has 0 aromatic heterocycles. The van der Waals surface area contributed by atoms with Crippen molar-refractivity contribution >= 4 is 5.91 Å². The number of carbonyl (C=O) groups is 1. The van der Waals surface area contributed by atoms with E-state index in [4.69, 9.17) is 10.5 Å². The highest BCUT2D eigenvalue weighted by molar-refractivity contribution is 5.78. The summed E-state index contributed by atoms with van der Waals surface area (Å²) in [6.07, 6.45) is 2.20. The van der Waals surface area contributed by atoms with Gasteiger partial charge in [0, 0.05) is 24.7 Å². The highest BCUT2D eigenvalue weighted by Gasteiger charge is 2.19. The number of aryl methyl sites for hydroxylation is 1. The molecule has 0 radical (unpaired) electrons. The van der Waals surface area contributed by atoms with E-state index in [1.54, 1.807) is 0 Å². The Morgan fingerprint density at radius 1 is 1.42 bits per heavy atom. The molecule has 1 aliphatic heterocycles. The monoisotopic (exact) mass is 262 g/mol. The second-order valence-electron chi connectivity index (χ2n) is 5.21. The fraction of sp³-hybridized carbons (Fsp3) is 0.533. The van der Waals surface area contributed by atoms with Gasteiger partial charge in [-0.15, -0.1) is 0 Å². The molecule has 1 atom stereocenters. The first-order chi connectivity index (χ1) is 9.08. The molecular formula is C15H22N2O2. The Morgan fingerprint density at radius 3 is 2.74 bits per heavy atom. The van der Waals surface area contributed by atoms with Crippen molar-refractivity contribution < 1.29 is 9.53 Å². The fourth-order valence-electron chi connectivity index (χ4n) is 2.35. The zero-order chi connectivity index (χ0) is 13.8. The quantitative estimate of drug-likeness (QED) is 0.903. The van der Waals surface area contributed by atoms with Crippen LogP contribution in [-0.4, -0.2) is 30.5 Å². The zero-order valence-electron chi connectivity index (χ0n) is 11.7. The Kier molecular flexibility index (Phi) is 4.43. The topological polar surface area (TPSA) is 55.6 Å². The van der Waals surface area contributed by atoms with Gasteiger partial charge in [0.25, 0.3) is 5.91 Å². The number of nitrogens with zero attached hydrogens (tertiary/aromatic N) is 1. The lowest BCUT2D eigenvalue weighted by atomic mass is 10.1. The Bertz CT molecular complexity index is 451. The minimum atomic E-state index is -0.100. The van der Waals surface area contributed by atoms with Crippen molar-refractivity contribution in [3.05, 3.63) is 29.3 Å². The SMILES string of the molecule is Cc1ccc(OCC(=O)N2CCCC2)c(C(C)N)c1. The van der Waals surface area contributed by atoms with E-state index in [0.717, 1.165) is 37.1 Å². The molecule has 19 heavy (non-hydrogen) atoms. The maximum atomic E-state index is 11.9. The molecule has 1 fully saturated rings. The molecule has 1 unspecified atom stereocenters. The molecule has 2 N–H and O–H groups in total. The van der Waals surface area contributed by atoms with E-state index in [0.29, 0.717) is 5.75 Å². The van der Waals surface area contributed by atoms with Crippen molar-refractivity contribution in [1.29, 1.82) is 0 Å². The third-order valence-electron chi connectivity index (χ3n) is 3.47. The van der Waals surface area contributed by atoms with Crippen molar-refractivity contribution in [1.82, 2.24) is 4.90 Å². The number of nitrogens with two attached hydrogens (primary N) is 1. The van der Waals surface area contributed by atoms with Crippen molar-refractivity contribution in [2.75, 3.05) is 19.7 Å². The van der Waals surface area contributed by atoms with Gasteiger partial charge in [-0.1, -0.05) is 17.7 Å². The number of hydrogen-bond donors (Lipinski definition) is 1. The van der Waals surface area contributed by atoms with Crippen LogP contribution in [-0.2, 0) is 4.79 Å². The predicted molar refractivity (Wildman–Crippen MR) is 75.1 cm³/mol. The Labute approximate surface area is 114 Å². The Hall–Kier alpha value is -1.55. The van der Waals surface area contributed by atoms with Crippen LogP contribution in [0.15, 0.2) is 18.2 Å². The van der Waals surface area contributed by atoms with Crippen molar-refractivity contribution in [3.8, 4) is 5.75 Å². The van der Waals surface area contributed by atoms with E-state index in [9.17, 15) is 4.79 Å². The first-order valence-corrected chi connectivity index (χ1v) is 6.84. The van der Waals surface area contributed by atoms with Crippen LogP contribution in [0.1, 0.15) is 36.9 Å². The minimum absolute atomic E-state index is 0.0636. The van der Waals surface area contributed by atoms with Crippen molar-refractivity contribution in [3.63, 3.8) is 0 Å². The van der Waals surface area contributed by atoms with Crippen LogP contribution in [0.2, 0.25) is 0 Å².